The van der Waals surface area contributed by atoms with Gasteiger partial charge in [-0.3, -0.25) is 0 Å². The molecule has 0 aliphatic carbocycles. The number of thioether (sulfide) groups is 1. The maximum Gasteiger partial charge on any atom is 0.348 e. The first-order valence-corrected chi connectivity index (χ1v) is 9.76. The van der Waals surface area contributed by atoms with Crippen LogP contribution in [0.25, 0.3) is 0 Å². The van der Waals surface area contributed by atoms with Gasteiger partial charge in [0.25, 0.3) is 0 Å². The standard InChI is InChI=1S/C21H20O6S/c22-17-12-18(15-6-8-16(9-7-15)26-13-19(23)24)27-21(25)20(17)28-11-10-14-4-2-1-3-5-14/h1-9,18,22H,10-13H2,(H,23,24). The molecule has 0 radical (unpaired) electrons. The maximum atomic E-state index is 12.3. The fourth-order valence-electron chi connectivity index (χ4n) is 2.78. The minimum atomic E-state index is -1.06. The summed E-state index contributed by atoms with van der Waals surface area (Å²) >= 11 is 1.30. The van der Waals surface area contributed by atoms with E-state index < -0.39 is 24.6 Å². The van der Waals surface area contributed by atoms with Crippen molar-refractivity contribution in [3.8, 4) is 5.75 Å². The van der Waals surface area contributed by atoms with Crippen LogP contribution in [-0.4, -0.2) is 34.5 Å². The number of carboxylic acids is 1. The number of hydrogen-bond donors (Lipinski definition) is 2. The number of carboxylic acid groups (broad SMARTS) is 1. The summed E-state index contributed by atoms with van der Waals surface area (Å²) in [5.41, 5.74) is 1.87. The molecular weight excluding hydrogens is 380 g/mol. The molecule has 0 spiro atoms. The number of aryl methyl sites for hydroxylation is 1. The molecule has 6 nitrogen and oxygen atoms in total. The molecule has 146 valence electrons. The number of aliphatic carboxylic acids is 1. The van der Waals surface area contributed by atoms with E-state index in [1.54, 1.807) is 24.3 Å². The number of ether oxygens (including phenoxy) is 2. The summed E-state index contributed by atoms with van der Waals surface area (Å²) in [6, 6.07) is 16.5. The van der Waals surface area contributed by atoms with Gasteiger partial charge in [0.15, 0.2) is 6.61 Å². The van der Waals surface area contributed by atoms with E-state index in [4.69, 9.17) is 14.6 Å². The molecule has 0 saturated heterocycles. The monoisotopic (exact) mass is 400 g/mol. The van der Waals surface area contributed by atoms with Gasteiger partial charge in [-0.25, -0.2) is 9.59 Å². The maximum absolute atomic E-state index is 12.3. The van der Waals surface area contributed by atoms with E-state index in [2.05, 4.69) is 0 Å². The number of esters is 1. The fraction of sp³-hybridized carbons (Fsp3) is 0.238. The summed E-state index contributed by atoms with van der Waals surface area (Å²) in [7, 11) is 0. The van der Waals surface area contributed by atoms with E-state index in [9.17, 15) is 14.7 Å². The van der Waals surface area contributed by atoms with Gasteiger partial charge in [-0.15, -0.1) is 11.8 Å². The fourth-order valence-corrected chi connectivity index (χ4v) is 3.74. The Morgan fingerprint density at radius 1 is 1.14 bits per heavy atom. The lowest BCUT2D eigenvalue weighted by atomic mass is 10.0. The van der Waals surface area contributed by atoms with Crippen LogP contribution in [0.15, 0.2) is 65.3 Å². The second-order valence-corrected chi connectivity index (χ2v) is 7.31. The lowest BCUT2D eigenvalue weighted by Crippen LogP contribution is -2.20. The number of cyclic esters (lactones) is 1. The molecule has 1 atom stereocenters. The molecule has 0 fully saturated rings. The Morgan fingerprint density at radius 3 is 2.50 bits per heavy atom. The molecule has 2 aromatic carbocycles. The van der Waals surface area contributed by atoms with Crippen LogP contribution in [0.1, 0.15) is 23.7 Å². The van der Waals surface area contributed by atoms with Gasteiger partial charge >= 0.3 is 11.9 Å². The molecule has 0 bridgehead atoms. The van der Waals surface area contributed by atoms with Crippen molar-refractivity contribution in [1.29, 1.82) is 0 Å². The van der Waals surface area contributed by atoms with Crippen molar-refractivity contribution in [3.05, 3.63) is 76.4 Å². The number of carbonyl (C=O) groups excluding carboxylic acids is 1. The third-order valence-corrected chi connectivity index (χ3v) is 5.27. The Bertz CT molecular complexity index is 860. The molecule has 0 amide bonds. The van der Waals surface area contributed by atoms with Crippen LogP contribution in [0.2, 0.25) is 0 Å². The van der Waals surface area contributed by atoms with E-state index in [0.29, 0.717) is 17.1 Å². The van der Waals surface area contributed by atoms with Crippen LogP contribution in [0.4, 0.5) is 0 Å². The smallest absolute Gasteiger partial charge is 0.348 e. The first-order chi connectivity index (χ1) is 13.5. The minimum absolute atomic E-state index is 0.0329. The molecule has 0 saturated carbocycles. The van der Waals surface area contributed by atoms with Gasteiger partial charge < -0.3 is 19.7 Å². The lowest BCUT2D eigenvalue weighted by Gasteiger charge is -2.24. The Labute approximate surface area is 166 Å². The highest BCUT2D eigenvalue weighted by Gasteiger charge is 2.30. The van der Waals surface area contributed by atoms with Gasteiger partial charge in [0.1, 0.15) is 22.5 Å². The molecule has 1 aliphatic rings. The molecular formula is C21H20O6S. The molecule has 0 aromatic heterocycles. The molecule has 1 heterocycles. The molecule has 2 aromatic rings. The molecule has 1 aliphatic heterocycles. The van der Waals surface area contributed by atoms with Crippen molar-refractivity contribution in [2.45, 2.75) is 18.9 Å². The summed E-state index contributed by atoms with van der Waals surface area (Å²) in [5.74, 6) is -0.481. The highest BCUT2D eigenvalue weighted by Crippen LogP contribution is 2.36. The minimum Gasteiger partial charge on any atom is -0.511 e. The van der Waals surface area contributed by atoms with Crippen molar-refractivity contribution in [3.63, 3.8) is 0 Å². The number of hydrogen-bond acceptors (Lipinski definition) is 6. The van der Waals surface area contributed by atoms with Crippen LogP contribution in [-0.2, 0) is 20.7 Å². The average molecular weight is 400 g/mol. The van der Waals surface area contributed by atoms with Crippen LogP contribution in [0.3, 0.4) is 0 Å². The Morgan fingerprint density at radius 2 is 1.86 bits per heavy atom. The molecule has 7 heteroatoms. The van der Waals surface area contributed by atoms with Crippen LogP contribution < -0.4 is 4.74 Å². The zero-order chi connectivity index (χ0) is 19.9. The summed E-state index contributed by atoms with van der Waals surface area (Å²) < 4.78 is 10.6. The summed E-state index contributed by atoms with van der Waals surface area (Å²) in [6.07, 6.45) is 0.408. The van der Waals surface area contributed by atoms with Gasteiger partial charge in [-0.1, -0.05) is 42.5 Å². The van der Waals surface area contributed by atoms with E-state index in [0.717, 1.165) is 6.42 Å². The summed E-state index contributed by atoms with van der Waals surface area (Å²) in [4.78, 5) is 23.1. The SMILES string of the molecule is O=C(O)COc1ccc(C2CC(O)=C(SCCc3ccccc3)C(=O)O2)cc1. The number of rotatable bonds is 8. The van der Waals surface area contributed by atoms with Crippen molar-refractivity contribution >= 4 is 23.7 Å². The van der Waals surface area contributed by atoms with Crippen molar-refractivity contribution in [2.24, 2.45) is 0 Å². The predicted octanol–water partition coefficient (Wildman–Crippen LogP) is 3.88. The predicted molar refractivity (Wildman–Crippen MR) is 105 cm³/mol. The Balaban J connectivity index is 1.58. The van der Waals surface area contributed by atoms with Gasteiger partial charge in [0.2, 0.25) is 0 Å². The molecule has 3 rings (SSSR count). The second kappa shape index (κ2) is 9.32. The molecule has 1 unspecified atom stereocenters. The second-order valence-electron chi connectivity index (χ2n) is 6.21. The quantitative estimate of drug-likeness (QED) is 0.650. The van der Waals surface area contributed by atoms with Crippen LogP contribution in [0, 0.1) is 0 Å². The average Bonchev–Trinajstić information content (AvgIpc) is 2.69. The van der Waals surface area contributed by atoms with E-state index in [1.165, 1.54) is 17.3 Å². The topological polar surface area (TPSA) is 93.1 Å². The largest absolute Gasteiger partial charge is 0.511 e. The van der Waals surface area contributed by atoms with Crippen molar-refractivity contribution in [1.82, 2.24) is 0 Å². The van der Waals surface area contributed by atoms with Crippen molar-refractivity contribution < 1.29 is 29.3 Å². The van der Waals surface area contributed by atoms with Crippen molar-refractivity contribution in [2.75, 3.05) is 12.4 Å². The van der Waals surface area contributed by atoms with Gasteiger partial charge in [-0.05, 0) is 29.7 Å². The van der Waals surface area contributed by atoms with Gasteiger partial charge in [0, 0.05) is 12.2 Å². The zero-order valence-electron chi connectivity index (χ0n) is 15.0. The number of carbonyl (C=O) groups is 2. The third-order valence-electron chi connectivity index (χ3n) is 4.17. The normalized spacial score (nSPS) is 16.6. The van der Waals surface area contributed by atoms with Crippen LogP contribution in [0.5, 0.6) is 5.75 Å². The molecule has 2 N–H and O–H groups in total. The highest BCUT2D eigenvalue weighted by molar-refractivity contribution is 8.04. The summed E-state index contributed by atoms with van der Waals surface area (Å²) in [5, 5.41) is 19.0. The van der Waals surface area contributed by atoms with E-state index >= 15 is 0 Å². The first-order valence-electron chi connectivity index (χ1n) is 8.77. The highest BCUT2D eigenvalue weighted by atomic mass is 32.2. The van der Waals surface area contributed by atoms with E-state index in [-0.39, 0.29) is 17.1 Å². The van der Waals surface area contributed by atoms with Crippen LogP contribution >= 0.6 is 11.8 Å². The Kier molecular flexibility index (Phi) is 6.60. The first kappa shape index (κ1) is 19.8. The van der Waals surface area contributed by atoms with Gasteiger partial charge in [0.05, 0.1) is 0 Å². The van der Waals surface area contributed by atoms with Gasteiger partial charge in [-0.2, -0.15) is 0 Å². The summed E-state index contributed by atoms with van der Waals surface area (Å²) in [6.45, 7) is -0.426. The third kappa shape index (κ3) is 5.29. The Hall–Kier alpha value is -2.93. The number of aliphatic hydroxyl groups excluding tert-OH is 1. The number of benzene rings is 2. The van der Waals surface area contributed by atoms with E-state index in [1.807, 2.05) is 30.3 Å². The number of aliphatic hydroxyl groups is 1. The molecule has 28 heavy (non-hydrogen) atoms. The zero-order valence-corrected chi connectivity index (χ0v) is 15.9. The lowest BCUT2D eigenvalue weighted by molar-refractivity contribution is -0.146.